The van der Waals surface area contributed by atoms with Gasteiger partial charge in [0.25, 0.3) is 17.4 Å². The molecule has 866 valence electrons. The van der Waals surface area contributed by atoms with Gasteiger partial charge in [0.1, 0.15) is 146 Å². The van der Waals surface area contributed by atoms with E-state index in [9.17, 15) is 166 Å². The molecule has 51 heteroatoms. The highest BCUT2D eigenvalue weighted by atomic mass is 16.8. The molecule has 40 atom stereocenters. The van der Waals surface area contributed by atoms with Crippen LogP contribution < -0.4 is 21.3 Å². The molecule has 7 saturated heterocycles. The van der Waals surface area contributed by atoms with Crippen molar-refractivity contribution in [3.8, 4) is 0 Å². The topological polar surface area (TPSA) is 820 Å². The molecule has 7 rings (SSSR count). The average molecular weight is 2160 g/mol. The van der Waals surface area contributed by atoms with Crippen LogP contribution >= 0.6 is 0 Å². The van der Waals surface area contributed by atoms with Gasteiger partial charge in [-0.2, -0.15) is 0 Å². The van der Waals surface area contributed by atoms with Crippen LogP contribution in [0.5, 0.6) is 0 Å². The number of carboxylic acid groups (broad SMARTS) is 3. The molecule has 149 heavy (non-hydrogen) atoms. The number of rotatable bonds is 70. The summed E-state index contributed by atoms with van der Waals surface area (Å²) in [6.07, 6.45) is -47.2. The number of carboxylic acids is 3. The van der Waals surface area contributed by atoms with Crippen LogP contribution in [0.1, 0.15) is 273 Å². The molecule has 29 N–H and O–H groups in total. The van der Waals surface area contributed by atoms with E-state index in [1.807, 2.05) is 0 Å². The van der Waals surface area contributed by atoms with Crippen molar-refractivity contribution in [3.05, 3.63) is 0 Å². The largest absolute Gasteiger partial charge is 0.477 e. The maximum atomic E-state index is 14.7. The monoisotopic (exact) mass is 2160 g/mol. The van der Waals surface area contributed by atoms with Gasteiger partial charge in [-0.3, -0.25) is 19.2 Å². The second-order valence-corrected chi connectivity index (χ2v) is 40.6. The standard InChI is InChI=1S/C98H172N4O47/c1-7-9-11-13-15-17-19-21-22-23-24-26-28-30-32-34-36-38-68(120)102-56(57(114)37-35-33-31-29-27-25-20-18-16-14-12-10-8-2)50-136-90-78(127)77(126)82(66(48-108)139-90)142-92-80(129)88(149-98(95(134)135)42-60(117)71(101-54(6)113)86(147-98)76(125)65(47-107)144-96(93(130)131)40-58(115)69(99-52(4)111)84(145-96)72(121)61(118)43-103)83(67(49-109)140-92)143-89-55(39-51(3)110)81(74(123)63(45-105)137-89)141-91-79(128)87(75(124)64(46-106)138-91)148-97(94(132)133)41-59(116)70(100-53(5)112)85(146-97)73(122)62(119)44-104/h55-67,69-92,103-109,114-119,121-129H,7-50H2,1-6H3,(H,99,111)(H,100,112)(H,101,113)(H,102,120)(H,130,131)(H,132,133)(H,134,135). The second-order valence-electron chi connectivity index (χ2n) is 40.6. The molecule has 0 spiro atoms. The highest BCUT2D eigenvalue weighted by molar-refractivity contribution is 5.79. The Morgan fingerprint density at radius 2 is 0.698 bits per heavy atom. The SMILES string of the molecule is CCCCCCCCCCCCCCCCCCCC(=O)NC(COC1OC(CO)C(OC2OC(CO)C(OC3OC(CO)C(O)C(OC4OC(CO)C(O)C(OC5(C(=O)O)CC(O)C(NC(C)=O)C(C(O)C(O)CO)O5)C4O)C3CC(C)=O)C(OC3(C(=O)O)CC(O)C(NC(C)=O)C(C(O)C(CO)OC4(C(=O)O)CC(O)C(NC(C)=O)C(C(O)C(O)CO)O4)O3)C2O)C(O)C1O)C(O)CCCCCCCCCCCCCCC. The van der Waals surface area contributed by atoms with Gasteiger partial charge in [0.05, 0.1) is 108 Å². The van der Waals surface area contributed by atoms with Crippen LogP contribution in [0.3, 0.4) is 0 Å². The molecule has 40 unspecified atom stereocenters. The fourth-order valence-corrected chi connectivity index (χ4v) is 20.4. The molecule has 4 amide bonds. The molecule has 0 aromatic heterocycles. The van der Waals surface area contributed by atoms with Crippen LogP contribution in [0.4, 0.5) is 0 Å². The van der Waals surface area contributed by atoms with Crippen molar-refractivity contribution < 1.29 is 232 Å². The highest BCUT2D eigenvalue weighted by Crippen LogP contribution is 2.46. The summed E-state index contributed by atoms with van der Waals surface area (Å²) < 4.78 is 85.1. The molecule has 0 aliphatic carbocycles. The minimum atomic E-state index is -3.79. The van der Waals surface area contributed by atoms with Gasteiger partial charge in [0.15, 0.2) is 25.2 Å². The number of ether oxygens (including phenoxy) is 14. The van der Waals surface area contributed by atoms with Crippen molar-refractivity contribution in [2.45, 2.75) is 510 Å². The van der Waals surface area contributed by atoms with Gasteiger partial charge in [-0.15, -0.1) is 0 Å². The Balaban J connectivity index is 1.24. The van der Waals surface area contributed by atoms with E-state index in [-0.39, 0.29) is 12.8 Å². The van der Waals surface area contributed by atoms with Gasteiger partial charge >= 0.3 is 17.9 Å². The number of hydrogen-bond acceptors (Lipinski definition) is 44. The first-order valence-corrected chi connectivity index (χ1v) is 52.9. The number of Topliss-reactive ketones (excluding diaryl/α,β-unsaturated/α-hetero) is 1. The molecule has 0 bridgehead atoms. The number of carbonyl (C=O) groups is 8. The molecule has 0 aromatic rings. The third kappa shape index (κ3) is 37.3. The second kappa shape index (κ2) is 65.0. The van der Waals surface area contributed by atoms with Crippen LogP contribution in [0.2, 0.25) is 0 Å². The first-order chi connectivity index (χ1) is 70.9. The van der Waals surface area contributed by atoms with E-state index in [1.54, 1.807) is 0 Å². The molecular weight excluding hydrogens is 1990 g/mol. The van der Waals surface area contributed by atoms with E-state index in [4.69, 9.17) is 66.3 Å². The average Bonchev–Trinajstić information content (AvgIpc) is 0.750. The number of hydrogen-bond donors (Lipinski definition) is 29. The first kappa shape index (κ1) is 130. The van der Waals surface area contributed by atoms with Crippen molar-refractivity contribution in [3.63, 3.8) is 0 Å². The molecule has 7 aliphatic rings. The summed E-state index contributed by atoms with van der Waals surface area (Å²) in [6, 6.07) is -6.99. The zero-order valence-corrected chi connectivity index (χ0v) is 86.1. The molecule has 0 radical (unpaired) electrons. The Hall–Kier alpha value is -5.48. The summed E-state index contributed by atoms with van der Waals surface area (Å²) in [5.41, 5.74) is 0. The summed E-state index contributed by atoms with van der Waals surface area (Å²) in [4.78, 5) is 108. The van der Waals surface area contributed by atoms with Crippen LogP contribution in [-0.4, -0.2) is 465 Å². The lowest BCUT2D eigenvalue weighted by Gasteiger charge is -2.53. The van der Waals surface area contributed by atoms with Gasteiger partial charge in [-0.1, -0.05) is 200 Å². The summed E-state index contributed by atoms with van der Waals surface area (Å²) >= 11 is 0. The van der Waals surface area contributed by atoms with E-state index in [1.165, 1.54) is 103 Å². The zero-order valence-electron chi connectivity index (χ0n) is 86.1. The van der Waals surface area contributed by atoms with Gasteiger partial charge in [-0.25, -0.2) is 14.4 Å². The lowest BCUT2D eigenvalue weighted by atomic mass is 9.86. The van der Waals surface area contributed by atoms with Crippen LogP contribution in [0.15, 0.2) is 0 Å². The van der Waals surface area contributed by atoms with Gasteiger partial charge < -0.3 is 220 Å². The Morgan fingerprint density at radius 3 is 1.09 bits per heavy atom. The number of carbonyl (C=O) groups excluding carboxylic acids is 5. The van der Waals surface area contributed by atoms with E-state index in [0.717, 1.165) is 105 Å². The molecule has 51 nitrogen and oxygen atoms in total. The molecule has 0 saturated carbocycles. The lowest BCUT2D eigenvalue weighted by molar-refractivity contribution is -0.409. The van der Waals surface area contributed by atoms with Gasteiger partial charge in [-0.05, 0) is 19.8 Å². The molecule has 0 aromatic carbocycles. The number of nitrogens with one attached hydrogen (secondary N) is 4. The van der Waals surface area contributed by atoms with E-state index in [2.05, 4.69) is 35.1 Å². The van der Waals surface area contributed by atoms with Crippen molar-refractivity contribution >= 4 is 47.3 Å². The first-order valence-electron chi connectivity index (χ1n) is 52.9. The van der Waals surface area contributed by atoms with E-state index < -0.39 is 369 Å². The summed E-state index contributed by atoms with van der Waals surface area (Å²) in [6.45, 7) is -1.96. The number of aliphatic hydroxyl groups excluding tert-OH is 22. The van der Waals surface area contributed by atoms with Crippen LogP contribution in [0.25, 0.3) is 0 Å². The highest BCUT2D eigenvalue weighted by Gasteiger charge is 2.66. The fourth-order valence-electron chi connectivity index (χ4n) is 20.4. The minimum absolute atomic E-state index is 0.0734. The maximum absolute atomic E-state index is 14.7. The van der Waals surface area contributed by atoms with Crippen molar-refractivity contribution in [2.75, 3.05) is 52.9 Å². The number of unbranched alkanes of at least 4 members (excludes halogenated alkanes) is 28. The number of aliphatic carboxylic acids is 3. The van der Waals surface area contributed by atoms with E-state index in [0.29, 0.717) is 12.8 Å². The molecular formula is C98H172N4O47. The normalized spacial score (nSPS) is 35.2. The summed E-state index contributed by atoms with van der Waals surface area (Å²) in [7, 11) is 0. The van der Waals surface area contributed by atoms with E-state index >= 15 is 0 Å². The maximum Gasteiger partial charge on any atom is 0.364 e. The Bertz CT molecular complexity index is 3900. The summed E-state index contributed by atoms with van der Waals surface area (Å²) in [5, 5.41) is 297. The van der Waals surface area contributed by atoms with Gasteiger partial charge in [0.2, 0.25) is 23.6 Å². The lowest BCUT2D eigenvalue weighted by Crippen LogP contribution is -2.72. The Morgan fingerprint density at radius 1 is 0.356 bits per heavy atom. The van der Waals surface area contributed by atoms with Crippen molar-refractivity contribution in [1.82, 2.24) is 21.3 Å². The predicted octanol–water partition coefficient (Wildman–Crippen LogP) is -4.60. The Kier molecular flexibility index (Phi) is 56.9. The minimum Gasteiger partial charge on any atom is -0.477 e. The van der Waals surface area contributed by atoms with Gasteiger partial charge in [0, 0.05) is 58.8 Å². The van der Waals surface area contributed by atoms with Crippen LogP contribution in [0, 0.1) is 5.92 Å². The number of aliphatic hydroxyl groups is 22. The summed E-state index contributed by atoms with van der Waals surface area (Å²) in [5.74, 6) is -23.8. The molecule has 7 heterocycles. The Labute approximate surface area is 866 Å². The number of ketones is 1. The molecule has 7 aliphatic heterocycles. The van der Waals surface area contributed by atoms with Crippen molar-refractivity contribution in [1.29, 1.82) is 0 Å². The zero-order chi connectivity index (χ0) is 110. The smallest absolute Gasteiger partial charge is 0.364 e. The third-order valence-corrected chi connectivity index (χ3v) is 28.7. The van der Waals surface area contributed by atoms with Crippen LogP contribution in [-0.2, 0) is 105 Å². The number of amides is 4. The third-order valence-electron chi connectivity index (χ3n) is 28.7. The van der Waals surface area contributed by atoms with Crippen molar-refractivity contribution in [2.24, 2.45) is 5.92 Å². The predicted molar refractivity (Wildman–Crippen MR) is 512 cm³/mol. The quantitative estimate of drug-likeness (QED) is 0.0255. The molecule has 7 fully saturated rings. The fraction of sp³-hybridized carbons (Fsp3) is 0.918.